The van der Waals surface area contributed by atoms with E-state index in [-0.39, 0.29) is 12.5 Å². The van der Waals surface area contributed by atoms with Crippen LogP contribution in [-0.2, 0) is 17.9 Å². The first-order chi connectivity index (χ1) is 13.5. The third-order valence-electron chi connectivity index (χ3n) is 4.85. The van der Waals surface area contributed by atoms with Crippen molar-refractivity contribution in [3.05, 3.63) is 58.7 Å². The lowest BCUT2D eigenvalue weighted by Crippen LogP contribution is -2.31. The van der Waals surface area contributed by atoms with E-state index in [1.54, 1.807) is 43.2 Å². The van der Waals surface area contributed by atoms with Crippen molar-refractivity contribution in [1.82, 2.24) is 9.78 Å². The van der Waals surface area contributed by atoms with Gasteiger partial charge in [-0.05, 0) is 37.3 Å². The molecular weight excluding hydrogens is 378 g/mol. The number of aromatic nitrogens is 2. The topological polar surface area (TPSA) is 56.6 Å². The van der Waals surface area contributed by atoms with Gasteiger partial charge in [0, 0.05) is 23.2 Å². The number of rotatable bonds is 4. The normalized spacial score (nSPS) is 12.0. The zero-order chi connectivity index (χ0) is 19.8. The van der Waals surface area contributed by atoms with Crippen LogP contribution in [-0.4, -0.2) is 29.8 Å². The maximum absolute atomic E-state index is 13.0. The van der Waals surface area contributed by atoms with Crippen molar-refractivity contribution < 1.29 is 14.3 Å². The number of hydrogen-bond donors (Lipinski definition) is 0. The van der Waals surface area contributed by atoms with E-state index < -0.39 is 0 Å². The number of benzene rings is 2. The number of nitrogens with zero attached hydrogens (tertiary/aromatic N) is 3. The molecule has 144 valence electrons. The Morgan fingerprint density at radius 1 is 1.32 bits per heavy atom. The molecule has 4 rings (SSSR count). The van der Waals surface area contributed by atoms with Crippen LogP contribution in [0.15, 0.2) is 42.6 Å². The summed E-state index contributed by atoms with van der Waals surface area (Å²) >= 11 is 6.11. The van der Waals surface area contributed by atoms with Gasteiger partial charge in [0.05, 0.1) is 24.7 Å². The van der Waals surface area contributed by atoms with Gasteiger partial charge in [-0.3, -0.25) is 9.48 Å². The van der Waals surface area contributed by atoms with Crippen molar-refractivity contribution in [2.45, 2.75) is 20.1 Å². The van der Waals surface area contributed by atoms with Gasteiger partial charge in [-0.1, -0.05) is 23.2 Å². The molecule has 1 amide bonds. The van der Waals surface area contributed by atoms with Crippen molar-refractivity contribution in [1.29, 1.82) is 0 Å². The molecule has 0 fully saturated rings. The molecule has 0 atom stereocenters. The van der Waals surface area contributed by atoms with E-state index >= 15 is 0 Å². The molecule has 28 heavy (non-hydrogen) atoms. The molecule has 0 aliphatic carbocycles. The molecule has 1 aliphatic rings. The summed E-state index contributed by atoms with van der Waals surface area (Å²) in [5.41, 5.74) is 4.57. The average molecular weight is 398 g/mol. The van der Waals surface area contributed by atoms with E-state index in [4.69, 9.17) is 21.1 Å². The smallest absolute Gasteiger partial charge is 0.248 e. The van der Waals surface area contributed by atoms with Gasteiger partial charge in [0.25, 0.3) is 0 Å². The summed E-state index contributed by atoms with van der Waals surface area (Å²) in [7, 11) is 3.27. The molecule has 6 nitrogen and oxygen atoms in total. The molecule has 0 spiro atoms. The number of amides is 1. The lowest BCUT2D eigenvalue weighted by molar-refractivity contribution is -0.119. The standard InChI is InChI=1S/C21H20ClN3O3/c1-13-4-6-18-16(8-13)21-14(12-28-18)10-23-25(21)11-20(26)24(2)17-9-15(22)5-7-19(17)27-3/h4-10H,11-12H2,1-3H3. The second-order valence-corrected chi connectivity index (χ2v) is 7.17. The lowest BCUT2D eigenvalue weighted by Gasteiger charge is -2.22. The zero-order valence-electron chi connectivity index (χ0n) is 15.9. The second kappa shape index (κ2) is 7.20. The van der Waals surface area contributed by atoms with Gasteiger partial charge < -0.3 is 14.4 Å². The van der Waals surface area contributed by atoms with Gasteiger partial charge in [-0.25, -0.2) is 0 Å². The highest BCUT2D eigenvalue weighted by atomic mass is 35.5. The molecule has 0 unspecified atom stereocenters. The van der Waals surface area contributed by atoms with Gasteiger partial charge in [-0.15, -0.1) is 0 Å². The molecule has 2 heterocycles. The molecule has 3 aromatic rings. The zero-order valence-corrected chi connectivity index (χ0v) is 16.7. The first-order valence-electron chi connectivity index (χ1n) is 8.86. The summed E-state index contributed by atoms with van der Waals surface area (Å²) < 4.78 is 12.9. The monoisotopic (exact) mass is 397 g/mol. The number of likely N-dealkylation sites (N-methyl/N-ethyl adjacent to an activating group) is 1. The van der Waals surface area contributed by atoms with Crippen molar-refractivity contribution in [2.24, 2.45) is 0 Å². The first kappa shape index (κ1) is 18.4. The highest BCUT2D eigenvalue weighted by Crippen LogP contribution is 2.38. The maximum Gasteiger partial charge on any atom is 0.248 e. The minimum atomic E-state index is -0.132. The summed E-state index contributed by atoms with van der Waals surface area (Å²) in [6.45, 7) is 2.56. The van der Waals surface area contributed by atoms with Gasteiger partial charge in [0.1, 0.15) is 24.7 Å². The van der Waals surface area contributed by atoms with E-state index in [0.29, 0.717) is 23.1 Å². The Balaban J connectivity index is 1.66. The SMILES string of the molecule is COc1ccc(Cl)cc1N(C)C(=O)Cn1ncc2c1-c1cc(C)ccc1OC2. The molecule has 1 aromatic heterocycles. The molecule has 0 saturated heterocycles. The Kier molecular flexibility index (Phi) is 4.73. The summed E-state index contributed by atoms with van der Waals surface area (Å²) in [5.74, 6) is 1.25. The third kappa shape index (κ3) is 3.20. The largest absolute Gasteiger partial charge is 0.495 e. The van der Waals surface area contributed by atoms with Crippen LogP contribution in [0.3, 0.4) is 0 Å². The van der Waals surface area contributed by atoms with Gasteiger partial charge in [-0.2, -0.15) is 5.10 Å². The van der Waals surface area contributed by atoms with Crippen LogP contribution >= 0.6 is 11.6 Å². The third-order valence-corrected chi connectivity index (χ3v) is 5.09. The van der Waals surface area contributed by atoms with Crippen molar-refractivity contribution in [2.75, 3.05) is 19.1 Å². The quantitative estimate of drug-likeness (QED) is 0.665. The minimum Gasteiger partial charge on any atom is -0.495 e. The highest BCUT2D eigenvalue weighted by Gasteiger charge is 2.25. The molecule has 1 aliphatic heterocycles. The summed E-state index contributed by atoms with van der Waals surface area (Å²) in [6, 6.07) is 11.2. The number of methoxy groups -OCH3 is 1. The number of anilines is 1. The van der Waals surface area contributed by atoms with E-state index in [0.717, 1.165) is 28.1 Å². The fraction of sp³-hybridized carbons (Fsp3) is 0.238. The Bertz CT molecular complexity index is 1060. The minimum absolute atomic E-state index is 0.0921. The fourth-order valence-electron chi connectivity index (χ4n) is 3.37. The molecule has 0 bridgehead atoms. The van der Waals surface area contributed by atoms with Gasteiger partial charge in [0.2, 0.25) is 5.91 Å². The van der Waals surface area contributed by atoms with E-state index in [1.807, 2.05) is 19.1 Å². The number of halogens is 1. The molecular formula is C21H20ClN3O3. The Morgan fingerprint density at radius 2 is 2.14 bits per heavy atom. The van der Waals surface area contributed by atoms with E-state index in [1.165, 1.54) is 4.90 Å². The second-order valence-electron chi connectivity index (χ2n) is 6.73. The number of aryl methyl sites for hydroxylation is 1. The lowest BCUT2D eigenvalue weighted by atomic mass is 10.0. The molecule has 0 saturated carbocycles. The molecule has 2 aromatic carbocycles. The maximum atomic E-state index is 13.0. The van der Waals surface area contributed by atoms with Crippen LogP contribution in [0, 0.1) is 6.92 Å². The summed E-state index contributed by atoms with van der Waals surface area (Å²) in [5, 5.41) is 4.97. The molecule has 0 N–H and O–H groups in total. The van der Waals surface area contributed by atoms with Crippen molar-refractivity contribution in [3.8, 4) is 22.8 Å². The highest BCUT2D eigenvalue weighted by molar-refractivity contribution is 6.31. The average Bonchev–Trinajstić information content (AvgIpc) is 3.10. The predicted octanol–water partition coefficient (Wildman–Crippen LogP) is 4.08. The number of fused-ring (bicyclic) bond motifs is 3. The molecule has 7 heteroatoms. The van der Waals surface area contributed by atoms with Gasteiger partial charge >= 0.3 is 0 Å². The predicted molar refractivity (Wildman–Crippen MR) is 108 cm³/mol. The Labute approximate surface area is 168 Å². The fourth-order valence-corrected chi connectivity index (χ4v) is 3.53. The van der Waals surface area contributed by atoms with Crippen molar-refractivity contribution in [3.63, 3.8) is 0 Å². The molecule has 0 radical (unpaired) electrons. The van der Waals surface area contributed by atoms with Crippen LogP contribution < -0.4 is 14.4 Å². The number of carbonyl (C=O) groups excluding carboxylic acids is 1. The van der Waals surface area contributed by atoms with Crippen LogP contribution in [0.1, 0.15) is 11.1 Å². The number of carbonyl (C=O) groups is 1. The van der Waals surface area contributed by atoms with Crippen LogP contribution in [0.5, 0.6) is 11.5 Å². The number of hydrogen-bond acceptors (Lipinski definition) is 4. The van der Waals surface area contributed by atoms with E-state index in [9.17, 15) is 4.79 Å². The summed E-state index contributed by atoms with van der Waals surface area (Å²) in [4.78, 5) is 14.5. The first-order valence-corrected chi connectivity index (χ1v) is 9.24. The van der Waals surface area contributed by atoms with Crippen LogP contribution in [0.2, 0.25) is 5.02 Å². The Morgan fingerprint density at radius 3 is 2.93 bits per heavy atom. The summed E-state index contributed by atoms with van der Waals surface area (Å²) in [6.07, 6.45) is 1.76. The Hall–Kier alpha value is -2.99. The van der Waals surface area contributed by atoms with Gasteiger partial charge in [0.15, 0.2) is 0 Å². The van der Waals surface area contributed by atoms with E-state index in [2.05, 4.69) is 11.2 Å². The van der Waals surface area contributed by atoms with Crippen LogP contribution in [0.4, 0.5) is 5.69 Å². The number of ether oxygens (including phenoxy) is 2. The van der Waals surface area contributed by atoms with Crippen LogP contribution in [0.25, 0.3) is 11.3 Å². The van der Waals surface area contributed by atoms with Crippen molar-refractivity contribution >= 4 is 23.2 Å².